The molecule has 0 bridgehead atoms. The summed E-state index contributed by atoms with van der Waals surface area (Å²) in [5.41, 5.74) is -0.504. The molecule has 1 saturated heterocycles. The van der Waals surface area contributed by atoms with Crippen LogP contribution in [-0.2, 0) is 4.74 Å². The third kappa shape index (κ3) is 4.77. The van der Waals surface area contributed by atoms with Gasteiger partial charge in [0.2, 0.25) is 0 Å². The van der Waals surface area contributed by atoms with Crippen molar-refractivity contribution in [3.8, 4) is 0 Å². The Bertz CT molecular complexity index is 624. The van der Waals surface area contributed by atoms with Crippen molar-refractivity contribution in [1.29, 1.82) is 0 Å². The minimum Gasteiger partial charge on any atom is -0.444 e. The molecule has 1 N–H and O–H groups in total. The van der Waals surface area contributed by atoms with Gasteiger partial charge in [0.1, 0.15) is 11.3 Å². The van der Waals surface area contributed by atoms with Crippen LogP contribution in [0, 0.1) is 15.9 Å². The highest BCUT2D eigenvalue weighted by Crippen LogP contribution is 2.25. The van der Waals surface area contributed by atoms with E-state index in [0.29, 0.717) is 25.9 Å². The predicted molar refractivity (Wildman–Crippen MR) is 85.3 cm³/mol. The lowest BCUT2D eigenvalue weighted by atomic mass is 10.1. The second kappa shape index (κ2) is 6.98. The first-order valence-electron chi connectivity index (χ1n) is 7.70. The Morgan fingerprint density at radius 1 is 1.46 bits per heavy atom. The molecule has 0 aromatic carbocycles. The van der Waals surface area contributed by atoms with Crippen LogP contribution in [0.4, 0.5) is 20.7 Å². The Balaban J connectivity index is 1.95. The van der Waals surface area contributed by atoms with Crippen LogP contribution in [0.1, 0.15) is 33.6 Å². The molecule has 2 rings (SSSR count). The van der Waals surface area contributed by atoms with Gasteiger partial charge in [-0.15, -0.1) is 0 Å². The molecule has 1 fully saturated rings. The predicted octanol–water partition coefficient (Wildman–Crippen LogP) is 2.94. The average molecular weight is 340 g/mol. The zero-order valence-corrected chi connectivity index (χ0v) is 13.9. The highest BCUT2D eigenvalue weighted by Gasteiger charge is 2.28. The Labute approximate surface area is 139 Å². The lowest BCUT2D eigenvalue weighted by molar-refractivity contribution is -0.388. The van der Waals surface area contributed by atoms with Gasteiger partial charge >= 0.3 is 11.9 Å². The van der Waals surface area contributed by atoms with Gasteiger partial charge < -0.3 is 25.1 Å². The molecule has 1 aromatic rings. The number of nitrogens with one attached hydrogen (secondary N) is 1. The van der Waals surface area contributed by atoms with Gasteiger partial charge in [-0.3, -0.25) is 0 Å². The fraction of sp³-hybridized carbons (Fsp3) is 0.600. The molecule has 24 heavy (non-hydrogen) atoms. The Hall–Kier alpha value is -2.45. The summed E-state index contributed by atoms with van der Waals surface area (Å²) >= 11 is 0. The van der Waals surface area contributed by atoms with Crippen LogP contribution in [-0.4, -0.2) is 45.6 Å². The van der Waals surface area contributed by atoms with E-state index in [4.69, 9.17) is 4.74 Å². The van der Waals surface area contributed by atoms with Crippen LogP contribution < -0.4 is 5.32 Å². The zero-order chi connectivity index (χ0) is 17.9. The number of aromatic nitrogens is 1. The van der Waals surface area contributed by atoms with E-state index >= 15 is 0 Å². The third-order valence-electron chi connectivity index (χ3n) is 3.51. The van der Waals surface area contributed by atoms with Crippen molar-refractivity contribution in [1.82, 2.24) is 9.88 Å². The molecule has 0 radical (unpaired) electrons. The summed E-state index contributed by atoms with van der Waals surface area (Å²) in [6, 6.07) is 0.955. The van der Waals surface area contributed by atoms with E-state index in [1.54, 1.807) is 25.7 Å². The topological polar surface area (TPSA) is 97.6 Å². The van der Waals surface area contributed by atoms with Crippen LogP contribution in [0.5, 0.6) is 0 Å². The lowest BCUT2D eigenvalue weighted by Gasteiger charge is -2.33. The van der Waals surface area contributed by atoms with E-state index < -0.39 is 22.2 Å². The molecule has 9 heteroatoms. The largest absolute Gasteiger partial charge is 0.444 e. The van der Waals surface area contributed by atoms with E-state index in [-0.39, 0.29) is 17.8 Å². The number of anilines is 1. The highest BCUT2D eigenvalue weighted by molar-refractivity contribution is 5.68. The van der Waals surface area contributed by atoms with Crippen LogP contribution in [0.3, 0.4) is 0 Å². The van der Waals surface area contributed by atoms with Gasteiger partial charge in [0.25, 0.3) is 0 Å². The first kappa shape index (κ1) is 17.9. The van der Waals surface area contributed by atoms with Crippen LogP contribution in [0.25, 0.3) is 0 Å². The number of nitrogens with zero attached hydrogens (tertiary/aromatic N) is 3. The lowest BCUT2D eigenvalue weighted by Crippen LogP contribution is -2.44. The number of carbonyl (C=O) groups excluding carboxylic acids is 1. The molecule has 0 unspecified atom stereocenters. The normalized spacial score (nSPS) is 15.9. The van der Waals surface area contributed by atoms with Crippen LogP contribution >= 0.6 is 0 Å². The van der Waals surface area contributed by atoms with E-state index in [0.717, 1.165) is 12.3 Å². The second-order valence-corrected chi connectivity index (χ2v) is 6.67. The first-order chi connectivity index (χ1) is 11.2. The summed E-state index contributed by atoms with van der Waals surface area (Å²) in [7, 11) is 0. The number of amides is 1. The molecule has 1 aliphatic heterocycles. The minimum atomic E-state index is -0.655. The summed E-state index contributed by atoms with van der Waals surface area (Å²) in [5, 5.41) is 13.9. The quantitative estimate of drug-likeness (QED) is 0.671. The van der Waals surface area contributed by atoms with Gasteiger partial charge in [-0.2, -0.15) is 0 Å². The maximum Gasteiger partial charge on any atom is 0.410 e. The molecule has 0 spiro atoms. The molecule has 1 aliphatic rings. The molecule has 0 atom stereocenters. The number of ether oxygens (including phenoxy) is 1. The van der Waals surface area contributed by atoms with Gasteiger partial charge in [0, 0.05) is 25.2 Å². The zero-order valence-electron chi connectivity index (χ0n) is 13.9. The number of likely N-dealkylation sites (tertiary alicyclic amines) is 1. The molecule has 132 valence electrons. The molecule has 1 amide bonds. The Morgan fingerprint density at radius 2 is 2.08 bits per heavy atom. The minimum absolute atomic E-state index is 0.0516. The first-order valence-corrected chi connectivity index (χ1v) is 7.70. The monoisotopic (exact) mass is 340 g/mol. The SMILES string of the molecule is CC(C)(C)OC(=O)N1CCC(Nc2cc(F)cnc2[N+](=O)[O-])CC1. The summed E-state index contributed by atoms with van der Waals surface area (Å²) in [6.07, 6.45) is 1.59. The molecular formula is C15H21FN4O4. The number of halogens is 1. The summed E-state index contributed by atoms with van der Waals surface area (Å²) in [6.45, 7) is 6.33. The van der Waals surface area contributed by atoms with Crippen molar-refractivity contribution in [2.75, 3.05) is 18.4 Å². The number of piperidine rings is 1. The van der Waals surface area contributed by atoms with Crippen molar-refractivity contribution in [3.05, 3.63) is 28.2 Å². The Kier molecular flexibility index (Phi) is 5.20. The van der Waals surface area contributed by atoms with Crippen molar-refractivity contribution in [2.24, 2.45) is 0 Å². The van der Waals surface area contributed by atoms with Crippen molar-refractivity contribution >= 4 is 17.6 Å². The number of hydrogen-bond donors (Lipinski definition) is 1. The van der Waals surface area contributed by atoms with E-state index in [9.17, 15) is 19.3 Å². The van der Waals surface area contributed by atoms with E-state index in [2.05, 4.69) is 10.3 Å². The smallest absolute Gasteiger partial charge is 0.410 e. The average Bonchev–Trinajstić information content (AvgIpc) is 2.46. The molecule has 1 aromatic heterocycles. The Morgan fingerprint density at radius 3 is 2.62 bits per heavy atom. The van der Waals surface area contributed by atoms with E-state index in [1.807, 2.05) is 0 Å². The van der Waals surface area contributed by atoms with Gasteiger partial charge in [0.15, 0.2) is 12.0 Å². The van der Waals surface area contributed by atoms with Gasteiger partial charge in [-0.05, 0) is 43.5 Å². The maximum absolute atomic E-state index is 13.3. The number of rotatable bonds is 3. The summed E-state index contributed by atoms with van der Waals surface area (Å²) in [5.74, 6) is -1.06. The maximum atomic E-state index is 13.3. The van der Waals surface area contributed by atoms with Crippen molar-refractivity contribution < 1.29 is 18.8 Å². The fourth-order valence-corrected chi connectivity index (χ4v) is 2.44. The number of hydrogen-bond acceptors (Lipinski definition) is 6. The number of carbonyl (C=O) groups is 1. The summed E-state index contributed by atoms with van der Waals surface area (Å²) < 4.78 is 18.6. The molecule has 8 nitrogen and oxygen atoms in total. The number of pyridine rings is 1. The van der Waals surface area contributed by atoms with Crippen LogP contribution in [0.15, 0.2) is 12.3 Å². The molecule has 2 heterocycles. The molecule has 0 saturated carbocycles. The fourth-order valence-electron chi connectivity index (χ4n) is 2.44. The molecular weight excluding hydrogens is 319 g/mol. The molecule has 0 aliphatic carbocycles. The van der Waals surface area contributed by atoms with Gasteiger partial charge in [-0.1, -0.05) is 0 Å². The van der Waals surface area contributed by atoms with Gasteiger partial charge in [0.05, 0.1) is 0 Å². The van der Waals surface area contributed by atoms with Crippen molar-refractivity contribution in [2.45, 2.75) is 45.3 Å². The van der Waals surface area contributed by atoms with Gasteiger partial charge in [-0.25, -0.2) is 9.18 Å². The second-order valence-electron chi connectivity index (χ2n) is 6.67. The standard InChI is InChI=1S/C15H21FN4O4/c1-15(2,3)24-14(21)19-6-4-11(5-7-19)18-12-8-10(16)9-17-13(12)20(22)23/h8-9,11,18H,4-7H2,1-3H3. The van der Waals surface area contributed by atoms with E-state index in [1.165, 1.54) is 0 Å². The highest BCUT2D eigenvalue weighted by atomic mass is 19.1. The summed E-state index contributed by atoms with van der Waals surface area (Å²) in [4.78, 5) is 27.4. The third-order valence-corrected chi connectivity index (χ3v) is 3.51. The number of nitro groups is 1. The van der Waals surface area contributed by atoms with Crippen molar-refractivity contribution in [3.63, 3.8) is 0 Å². The van der Waals surface area contributed by atoms with Crippen LogP contribution in [0.2, 0.25) is 0 Å².